The molecule has 4 nitrogen and oxygen atoms in total. The van der Waals surface area contributed by atoms with Gasteiger partial charge in [-0.25, -0.2) is 8.78 Å². The summed E-state index contributed by atoms with van der Waals surface area (Å²) in [5.41, 5.74) is -0.365. The van der Waals surface area contributed by atoms with E-state index in [-0.39, 0.29) is 12.0 Å². The Morgan fingerprint density at radius 1 is 1.37 bits per heavy atom. The Hall–Kier alpha value is -1.53. The van der Waals surface area contributed by atoms with Crippen molar-refractivity contribution in [3.8, 4) is 0 Å². The van der Waals surface area contributed by atoms with Crippen LogP contribution in [0.25, 0.3) is 0 Å². The Bertz CT molecular complexity index is 455. The Labute approximate surface area is 110 Å². The maximum absolute atomic E-state index is 13.3. The maximum atomic E-state index is 13.3. The molecule has 1 fully saturated rings. The van der Waals surface area contributed by atoms with Crippen LogP contribution in [0.3, 0.4) is 0 Å². The molecule has 6 heteroatoms. The Kier molecular flexibility index (Phi) is 4.11. The van der Waals surface area contributed by atoms with Gasteiger partial charge in [-0.2, -0.15) is 0 Å². The summed E-state index contributed by atoms with van der Waals surface area (Å²) >= 11 is 0. The van der Waals surface area contributed by atoms with Crippen molar-refractivity contribution in [2.45, 2.75) is 6.92 Å². The molecule has 0 spiro atoms. The summed E-state index contributed by atoms with van der Waals surface area (Å²) in [6.07, 6.45) is 0. The number of nitrogens with one attached hydrogen (secondary N) is 2. The summed E-state index contributed by atoms with van der Waals surface area (Å²) < 4.78 is 31.7. The van der Waals surface area contributed by atoms with Crippen LogP contribution in [0.5, 0.6) is 0 Å². The zero-order valence-corrected chi connectivity index (χ0v) is 10.6. The van der Waals surface area contributed by atoms with Gasteiger partial charge in [0.15, 0.2) is 0 Å². The highest BCUT2D eigenvalue weighted by Gasteiger charge is 2.32. The van der Waals surface area contributed by atoms with Crippen LogP contribution in [0.2, 0.25) is 0 Å². The SMILES string of the molecule is CC1(CNCC(=O)Nc2c(F)cccc2F)COC1. The number of carbonyl (C=O) groups is 1. The number of benzene rings is 1. The van der Waals surface area contributed by atoms with E-state index in [1.165, 1.54) is 6.07 Å². The molecule has 0 saturated carbocycles. The zero-order valence-electron chi connectivity index (χ0n) is 10.6. The Morgan fingerprint density at radius 3 is 2.53 bits per heavy atom. The number of ether oxygens (including phenoxy) is 1. The lowest BCUT2D eigenvalue weighted by molar-refractivity contribution is -0.117. The van der Waals surface area contributed by atoms with E-state index in [9.17, 15) is 13.6 Å². The van der Waals surface area contributed by atoms with Gasteiger partial charge in [-0.3, -0.25) is 4.79 Å². The molecule has 1 amide bonds. The minimum atomic E-state index is -0.785. The Morgan fingerprint density at radius 2 is 2.00 bits per heavy atom. The van der Waals surface area contributed by atoms with Crippen LogP contribution in [0.15, 0.2) is 18.2 Å². The summed E-state index contributed by atoms with van der Waals surface area (Å²) in [6, 6.07) is 3.44. The molecule has 1 aromatic carbocycles. The first kappa shape index (κ1) is 13.9. The fourth-order valence-electron chi connectivity index (χ4n) is 1.83. The smallest absolute Gasteiger partial charge is 0.238 e. The molecule has 19 heavy (non-hydrogen) atoms. The number of hydrogen-bond donors (Lipinski definition) is 2. The molecule has 0 bridgehead atoms. The number of para-hydroxylation sites is 1. The number of amides is 1. The summed E-state index contributed by atoms with van der Waals surface area (Å²) in [5, 5.41) is 5.17. The largest absolute Gasteiger partial charge is 0.380 e. The quantitative estimate of drug-likeness (QED) is 0.853. The molecule has 1 saturated heterocycles. The fraction of sp³-hybridized carbons (Fsp3) is 0.462. The molecule has 104 valence electrons. The first-order chi connectivity index (χ1) is 9.00. The first-order valence-electron chi connectivity index (χ1n) is 6.02. The number of carbonyl (C=O) groups excluding carboxylic acids is 1. The fourth-order valence-corrected chi connectivity index (χ4v) is 1.83. The molecule has 2 rings (SSSR count). The van der Waals surface area contributed by atoms with Crippen LogP contribution >= 0.6 is 0 Å². The van der Waals surface area contributed by atoms with E-state index in [2.05, 4.69) is 10.6 Å². The number of halogens is 2. The molecule has 0 aliphatic carbocycles. The predicted molar refractivity (Wildman–Crippen MR) is 66.8 cm³/mol. The van der Waals surface area contributed by atoms with Crippen molar-refractivity contribution >= 4 is 11.6 Å². The lowest BCUT2D eigenvalue weighted by atomic mass is 9.89. The van der Waals surface area contributed by atoms with Gasteiger partial charge in [-0.05, 0) is 12.1 Å². The van der Waals surface area contributed by atoms with Gasteiger partial charge in [-0.15, -0.1) is 0 Å². The van der Waals surface area contributed by atoms with Crippen LogP contribution in [-0.4, -0.2) is 32.2 Å². The summed E-state index contributed by atoms with van der Waals surface area (Å²) in [7, 11) is 0. The van der Waals surface area contributed by atoms with Crippen molar-refractivity contribution in [2.75, 3.05) is 31.6 Å². The van der Waals surface area contributed by atoms with Crippen molar-refractivity contribution in [1.29, 1.82) is 0 Å². The molecule has 1 heterocycles. The van der Waals surface area contributed by atoms with Crippen LogP contribution < -0.4 is 10.6 Å². The average molecular weight is 270 g/mol. The third kappa shape index (κ3) is 3.48. The standard InChI is InChI=1S/C13H16F2N2O2/c1-13(7-19-8-13)6-16-5-11(18)17-12-9(14)3-2-4-10(12)15/h2-4,16H,5-8H2,1H3,(H,17,18). The molecule has 1 aliphatic heterocycles. The van der Waals surface area contributed by atoms with Gasteiger partial charge in [0.2, 0.25) is 5.91 Å². The summed E-state index contributed by atoms with van der Waals surface area (Å²) in [4.78, 5) is 11.6. The van der Waals surface area contributed by atoms with Crippen molar-refractivity contribution < 1.29 is 18.3 Å². The molecule has 0 atom stereocenters. The monoisotopic (exact) mass is 270 g/mol. The number of anilines is 1. The van der Waals surface area contributed by atoms with Gasteiger partial charge in [0.05, 0.1) is 19.8 Å². The van der Waals surface area contributed by atoms with E-state index in [1.807, 2.05) is 6.92 Å². The maximum Gasteiger partial charge on any atom is 0.238 e. The van der Waals surface area contributed by atoms with Crippen molar-refractivity contribution in [3.05, 3.63) is 29.8 Å². The van der Waals surface area contributed by atoms with Crippen molar-refractivity contribution in [1.82, 2.24) is 5.32 Å². The van der Waals surface area contributed by atoms with Gasteiger partial charge in [0.1, 0.15) is 17.3 Å². The summed E-state index contributed by atoms with van der Waals surface area (Å²) in [5.74, 6) is -2.05. The van der Waals surface area contributed by atoms with E-state index in [4.69, 9.17) is 4.74 Å². The number of rotatable bonds is 5. The van der Waals surface area contributed by atoms with E-state index in [0.29, 0.717) is 19.8 Å². The minimum Gasteiger partial charge on any atom is -0.380 e. The molecule has 2 N–H and O–H groups in total. The second kappa shape index (κ2) is 5.63. The highest BCUT2D eigenvalue weighted by Crippen LogP contribution is 2.25. The molecular formula is C13H16F2N2O2. The van der Waals surface area contributed by atoms with E-state index < -0.39 is 23.2 Å². The highest BCUT2D eigenvalue weighted by atomic mass is 19.1. The molecule has 0 aromatic heterocycles. The third-order valence-corrected chi connectivity index (χ3v) is 2.97. The second-order valence-electron chi connectivity index (χ2n) is 5.05. The van der Waals surface area contributed by atoms with Crippen LogP contribution in [0.1, 0.15) is 6.92 Å². The van der Waals surface area contributed by atoms with Gasteiger partial charge in [0, 0.05) is 12.0 Å². The predicted octanol–water partition coefficient (Wildman–Crippen LogP) is 1.53. The van der Waals surface area contributed by atoms with Gasteiger partial charge < -0.3 is 15.4 Å². The van der Waals surface area contributed by atoms with Gasteiger partial charge in [-0.1, -0.05) is 13.0 Å². The van der Waals surface area contributed by atoms with Crippen LogP contribution in [0.4, 0.5) is 14.5 Å². The van der Waals surface area contributed by atoms with Crippen molar-refractivity contribution in [2.24, 2.45) is 5.41 Å². The third-order valence-electron chi connectivity index (χ3n) is 2.97. The highest BCUT2D eigenvalue weighted by molar-refractivity contribution is 5.92. The molecule has 1 aliphatic rings. The Balaban J connectivity index is 1.81. The topological polar surface area (TPSA) is 50.4 Å². The summed E-state index contributed by atoms with van der Waals surface area (Å²) in [6.45, 7) is 3.98. The lowest BCUT2D eigenvalue weighted by Gasteiger charge is -2.38. The minimum absolute atomic E-state index is 0.00334. The van der Waals surface area contributed by atoms with E-state index in [0.717, 1.165) is 12.1 Å². The molecule has 0 radical (unpaired) electrons. The van der Waals surface area contributed by atoms with Gasteiger partial charge in [0.25, 0.3) is 0 Å². The molecule has 1 aromatic rings. The lowest BCUT2D eigenvalue weighted by Crippen LogP contribution is -2.48. The molecule has 0 unspecified atom stereocenters. The zero-order chi connectivity index (χ0) is 13.9. The van der Waals surface area contributed by atoms with Crippen LogP contribution in [-0.2, 0) is 9.53 Å². The second-order valence-corrected chi connectivity index (χ2v) is 5.05. The van der Waals surface area contributed by atoms with Gasteiger partial charge >= 0.3 is 0 Å². The normalized spacial score (nSPS) is 16.8. The van der Waals surface area contributed by atoms with Crippen LogP contribution in [0, 0.1) is 17.0 Å². The average Bonchev–Trinajstić information content (AvgIpc) is 2.32. The molecular weight excluding hydrogens is 254 g/mol. The van der Waals surface area contributed by atoms with Crippen molar-refractivity contribution in [3.63, 3.8) is 0 Å². The van der Waals surface area contributed by atoms with E-state index in [1.54, 1.807) is 0 Å². The first-order valence-corrected chi connectivity index (χ1v) is 6.02. The number of hydrogen-bond acceptors (Lipinski definition) is 3. The van der Waals surface area contributed by atoms with E-state index >= 15 is 0 Å².